The summed E-state index contributed by atoms with van der Waals surface area (Å²) < 4.78 is 2.83. The number of fused-ring (bicyclic) bond motifs is 2. The SMILES string of the molecule is O=c1c2cccc(O)c2ncn1Cc1cccc(Cn2cnc3c(O)cccc3c2=O)n1. The summed E-state index contributed by atoms with van der Waals surface area (Å²) in [5, 5.41) is 20.4. The lowest BCUT2D eigenvalue weighted by atomic mass is 10.2. The van der Waals surface area contributed by atoms with Gasteiger partial charge in [-0.2, -0.15) is 0 Å². The van der Waals surface area contributed by atoms with Crippen molar-refractivity contribution >= 4 is 21.8 Å². The fourth-order valence-corrected chi connectivity index (χ4v) is 3.63. The zero-order valence-corrected chi connectivity index (χ0v) is 16.7. The van der Waals surface area contributed by atoms with Crippen molar-refractivity contribution in [3.05, 3.63) is 99.3 Å². The van der Waals surface area contributed by atoms with Crippen LogP contribution in [0.1, 0.15) is 11.4 Å². The van der Waals surface area contributed by atoms with Gasteiger partial charge in [-0.05, 0) is 36.4 Å². The molecular weight excluding hydrogens is 410 g/mol. The Hall–Kier alpha value is -4.53. The van der Waals surface area contributed by atoms with Gasteiger partial charge in [-0.1, -0.05) is 18.2 Å². The molecule has 0 unspecified atom stereocenters. The number of pyridine rings is 1. The second-order valence-corrected chi connectivity index (χ2v) is 7.32. The van der Waals surface area contributed by atoms with Crippen LogP contribution in [0, 0.1) is 0 Å². The lowest BCUT2D eigenvalue weighted by molar-refractivity contribution is 0.479. The summed E-state index contributed by atoms with van der Waals surface area (Å²) >= 11 is 0. The fourth-order valence-electron chi connectivity index (χ4n) is 3.63. The number of hydrogen-bond acceptors (Lipinski definition) is 7. The zero-order valence-electron chi connectivity index (χ0n) is 16.7. The Kier molecular flexibility index (Phi) is 4.63. The number of rotatable bonds is 4. The predicted molar refractivity (Wildman–Crippen MR) is 118 cm³/mol. The maximum absolute atomic E-state index is 12.8. The number of phenolic OH excluding ortho intramolecular Hbond substituents is 2. The third-order valence-electron chi connectivity index (χ3n) is 5.19. The normalized spacial score (nSPS) is 11.2. The summed E-state index contributed by atoms with van der Waals surface area (Å²) in [6, 6.07) is 14.7. The average molecular weight is 427 g/mol. The van der Waals surface area contributed by atoms with Crippen LogP contribution in [0.4, 0.5) is 0 Å². The number of benzene rings is 2. The van der Waals surface area contributed by atoms with E-state index in [4.69, 9.17) is 0 Å². The van der Waals surface area contributed by atoms with Crippen LogP contribution in [0.3, 0.4) is 0 Å². The first-order valence-corrected chi connectivity index (χ1v) is 9.80. The standard InChI is InChI=1S/C23H17N5O4/c29-18-8-2-6-16-20(18)24-12-27(22(16)31)10-14-4-1-5-15(26-14)11-28-13-25-21-17(23(28)32)7-3-9-19(21)30/h1-9,12-13,29-30H,10-11H2. The van der Waals surface area contributed by atoms with E-state index in [-0.39, 0.29) is 46.7 Å². The largest absolute Gasteiger partial charge is 0.506 e. The highest BCUT2D eigenvalue weighted by molar-refractivity contribution is 5.83. The minimum absolute atomic E-state index is 0.0466. The Morgan fingerprint density at radius 2 is 1.09 bits per heavy atom. The maximum atomic E-state index is 12.8. The van der Waals surface area contributed by atoms with E-state index in [0.29, 0.717) is 22.2 Å². The Balaban J connectivity index is 1.46. The monoisotopic (exact) mass is 427 g/mol. The minimum atomic E-state index is -0.284. The molecule has 2 aromatic carbocycles. The Morgan fingerprint density at radius 1 is 0.656 bits per heavy atom. The topological polar surface area (TPSA) is 123 Å². The fraction of sp³-hybridized carbons (Fsp3) is 0.0870. The van der Waals surface area contributed by atoms with Crippen molar-refractivity contribution in [2.75, 3.05) is 0 Å². The molecule has 0 saturated heterocycles. The van der Waals surface area contributed by atoms with Gasteiger partial charge >= 0.3 is 0 Å². The first-order chi connectivity index (χ1) is 15.5. The molecule has 0 aliphatic rings. The van der Waals surface area contributed by atoms with Gasteiger partial charge in [0.05, 0.1) is 47.9 Å². The van der Waals surface area contributed by atoms with Crippen LogP contribution in [0.25, 0.3) is 21.8 Å². The second kappa shape index (κ2) is 7.62. The van der Waals surface area contributed by atoms with Crippen molar-refractivity contribution < 1.29 is 10.2 Å². The summed E-state index contributed by atoms with van der Waals surface area (Å²) in [5.74, 6) is -0.0933. The molecule has 5 rings (SSSR count). The quantitative estimate of drug-likeness (QED) is 0.450. The van der Waals surface area contributed by atoms with Crippen LogP contribution in [0.15, 0.2) is 76.8 Å². The Morgan fingerprint density at radius 3 is 1.56 bits per heavy atom. The third kappa shape index (κ3) is 3.35. The molecule has 9 nitrogen and oxygen atoms in total. The van der Waals surface area contributed by atoms with Gasteiger partial charge in [0.2, 0.25) is 0 Å². The van der Waals surface area contributed by atoms with Gasteiger partial charge in [0.1, 0.15) is 22.5 Å². The zero-order chi connectivity index (χ0) is 22.2. The van der Waals surface area contributed by atoms with Crippen molar-refractivity contribution in [2.45, 2.75) is 13.1 Å². The van der Waals surface area contributed by atoms with Crippen LogP contribution in [-0.4, -0.2) is 34.3 Å². The molecule has 0 spiro atoms. The number of aromatic hydroxyl groups is 2. The van der Waals surface area contributed by atoms with Gasteiger partial charge in [-0.25, -0.2) is 9.97 Å². The second-order valence-electron chi connectivity index (χ2n) is 7.32. The van der Waals surface area contributed by atoms with Gasteiger partial charge < -0.3 is 10.2 Å². The molecule has 3 aromatic heterocycles. The van der Waals surface area contributed by atoms with Crippen LogP contribution in [0.2, 0.25) is 0 Å². The predicted octanol–water partition coefficient (Wildman–Crippen LogP) is 2.01. The van der Waals surface area contributed by atoms with Crippen LogP contribution in [-0.2, 0) is 13.1 Å². The molecule has 5 aromatic rings. The maximum Gasteiger partial charge on any atom is 0.261 e. The van der Waals surface area contributed by atoms with Crippen LogP contribution in [0.5, 0.6) is 11.5 Å². The van der Waals surface area contributed by atoms with E-state index in [1.54, 1.807) is 42.5 Å². The molecule has 0 bridgehead atoms. The summed E-state index contributed by atoms with van der Waals surface area (Å²) in [4.78, 5) is 38.5. The van der Waals surface area contributed by atoms with Crippen molar-refractivity contribution in [1.29, 1.82) is 0 Å². The molecule has 9 heteroatoms. The molecule has 0 amide bonds. The molecule has 0 saturated carbocycles. The van der Waals surface area contributed by atoms with Crippen molar-refractivity contribution in [1.82, 2.24) is 24.1 Å². The van der Waals surface area contributed by atoms with Crippen molar-refractivity contribution in [3.8, 4) is 11.5 Å². The van der Waals surface area contributed by atoms with Gasteiger partial charge in [-0.3, -0.25) is 23.7 Å². The van der Waals surface area contributed by atoms with E-state index in [0.717, 1.165) is 0 Å². The average Bonchev–Trinajstić information content (AvgIpc) is 2.79. The number of para-hydroxylation sites is 2. The van der Waals surface area contributed by atoms with Gasteiger partial charge in [0.15, 0.2) is 0 Å². The minimum Gasteiger partial charge on any atom is -0.506 e. The van der Waals surface area contributed by atoms with E-state index >= 15 is 0 Å². The summed E-state index contributed by atoms with van der Waals surface area (Å²) in [6.07, 6.45) is 2.76. The van der Waals surface area contributed by atoms with Crippen molar-refractivity contribution in [2.24, 2.45) is 0 Å². The Labute approximate surface area is 180 Å². The third-order valence-corrected chi connectivity index (χ3v) is 5.19. The molecule has 0 aliphatic carbocycles. The number of nitrogens with zero attached hydrogens (tertiary/aromatic N) is 5. The lowest BCUT2D eigenvalue weighted by Gasteiger charge is -2.10. The van der Waals surface area contributed by atoms with Crippen LogP contribution >= 0.6 is 0 Å². The molecule has 0 fully saturated rings. The molecule has 0 aliphatic heterocycles. The highest BCUT2D eigenvalue weighted by Crippen LogP contribution is 2.19. The molecule has 0 atom stereocenters. The van der Waals surface area contributed by atoms with Gasteiger partial charge in [-0.15, -0.1) is 0 Å². The molecule has 158 valence electrons. The summed E-state index contributed by atoms with van der Waals surface area (Å²) in [7, 11) is 0. The highest BCUT2D eigenvalue weighted by Gasteiger charge is 2.10. The lowest BCUT2D eigenvalue weighted by Crippen LogP contribution is -2.23. The molecular formula is C23H17N5O4. The van der Waals surface area contributed by atoms with E-state index in [9.17, 15) is 19.8 Å². The summed E-state index contributed by atoms with van der Waals surface area (Å²) in [6.45, 7) is 0.369. The van der Waals surface area contributed by atoms with E-state index in [2.05, 4.69) is 15.0 Å². The highest BCUT2D eigenvalue weighted by atomic mass is 16.3. The van der Waals surface area contributed by atoms with E-state index in [1.807, 2.05) is 0 Å². The molecule has 3 heterocycles. The Bertz CT molecular complexity index is 1490. The number of phenols is 2. The van der Waals surface area contributed by atoms with Crippen molar-refractivity contribution in [3.63, 3.8) is 0 Å². The molecule has 0 radical (unpaired) electrons. The first-order valence-electron chi connectivity index (χ1n) is 9.80. The van der Waals surface area contributed by atoms with E-state index in [1.165, 1.54) is 33.9 Å². The number of hydrogen-bond donors (Lipinski definition) is 2. The van der Waals surface area contributed by atoms with Crippen LogP contribution < -0.4 is 11.1 Å². The summed E-state index contributed by atoms with van der Waals surface area (Å²) in [5.41, 5.74) is 1.17. The van der Waals surface area contributed by atoms with E-state index < -0.39 is 0 Å². The number of aromatic nitrogens is 5. The molecule has 2 N–H and O–H groups in total. The van der Waals surface area contributed by atoms with Gasteiger partial charge in [0, 0.05) is 0 Å². The molecule has 32 heavy (non-hydrogen) atoms. The first kappa shape index (κ1) is 19.4. The van der Waals surface area contributed by atoms with Gasteiger partial charge in [0.25, 0.3) is 11.1 Å². The smallest absolute Gasteiger partial charge is 0.261 e.